The van der Waals surface area contributed by atoms with Crippen molar-refractivity contribution in [3.63, 3.8) is 0 Å². The van der Waals surface area contributed by atoms with E-state index in [-0.39, 0.29) is 18.4 Å². The molecule has 3 rings (SSSR count). The number of hydrogen-bond donors (Lipinski definition) is 0. The summed E-state index contributed by atoms with van der Waals surface area (Å²) in [5, 5.41) is 1.08. The Morgan fingerprint density at radius 2 is 2.04 bits per heavy atom. The van der Waals surface area contributed by atoms with Gasteiger partial charge in [0.2, 0.25) is 11.8 Å². The predicted octanol–water partition coefficient (Wildman–Crippen LogP) is 4.14. The molecule has 0 aliphatic carbocycles. The van der Waals surface area contributed by atoms with Crippen molar-refractivity contribution in [1.29, 1.82) is 0 Å². The number of aryl methyl sites for hydroxylation is 1. The summed E-state index contributed by atoms with van der Waals surface area (Å²) in [7, 11) is 1.82. The van der Waals surface area contributed by atoms with Crippen molar-refractivity contribution in [2.24, 2.45) is 0 Å². The first-order chi connectivity index (χ1) is 13.1. The van der Waals surface area contributed by atoms with Gasteiger partial charge in [-0.2, -0.15) is 0 Å². The van der Waals surface area contributed by atoms with E-state index in [0.29, 0.717) is 19.5 Å². The van der Waals surface area contributed by atoms with E-state index in [9.17, 15) is 9.59 Å². The molecule has 1 saturated heterocycles. The molecule has 1 aromatic heterocycles. The van der Waals surface area contributed by atoms with Gasteiger partial charge in [0.1, 0.15) is 11.3 Å². The zero-order chi connectivity index (χ0) is 19.2. The van der Waals surface area contributed by atoms with E-state index < -0.39 is 0 Å². The number of likely N-dealkylation sites (N-methyl/N-ethyl adjacent to an activating group) is 1. The molecule has 1 aliphatic heterocycles. The first-order valence-electron chi connectivity index (χ1n) is 10.1. The summed E-state index contributed by atoms with van der Waals surface area (Å²) in [6, 6.07) is 8.01. The standard InChI is InChI=1S/C22H30N2O3/c1-3-4-11-20-18(17-10-7-8-12-19(17)27-20)15-23(2)22(26)16-24-14-9-5-6-13-21(24)25/h7-8,10,12H,3-6,9,11,13-16H2,1-2H3. The van der Waals surface area contributed by atoms with Crippen LogP contribution in [0.2, 0.25) is 0 Å². The molecule has 0 N–H and O–H groups in total. The predicted molar refractivity (Wildman–Crippen MR) is 106 cm³/mol. The molecule has 5 heteroatoms. The highest BCUT2D eigenvalue weighted by Crippen LogP contribution is 2.28. The van der Waals surface area contributed by atoms with E-state index in [1.165, 1.54) is 0 Å². The molecule has 1 aromatic carbocycles. The van der Waals surface area contributed by atoms with Crippen LogP contribution in [0.15, 0.2) is 28.7 Å². The summed E-state index contributed by atoms with van der Waals surface area (Å²) in [5.74, 6) is 1.06. The molecule has 0 radical (unpaired) electrons. The highest BCUT2D eigenvalue weighted by Gasteiger charge is 2.23. The molecule has 1 fully saturated rings. The third-order valence-corrected chi connectivity index (χ3v) is 5.36. The topological polar surface area (TPSA) is 53.8 Å². The molecule has 27 heavy (non-hydrogen) atoms. The average molecular weight is 370 g/mol. The average Bonchev–Trinajstić information content (AvgIpc) is 2.88. The second-order valence-corrected chi connectivity index (χ2v) is 7.48. The lowest BCUT2D eigenvalue weighted by atomic mass is 10.1. The number of nitrogens with zero attached hydrogens (tertiary/aromatic N) is 2. The Bertz CT molecular complexity index is 796. The number of benzene rings is 1. The molecule has 0 saturated carbocycles. The quantitative estimate of drug-likeness (QED) is 0.736. The van der Waals surface area contributed by atoms with Crippen LogP contribution in [0.4, 0.5) is 0 Å². The maximum absolute atomic E-state index is 12.8. The molecule has 0 unspecified atom stereocenters. The van der Waals surface area contributed by atoms with Crippen molar-refractivity contribution in [2.75, 3.05) is 20.1 Å². The summed E-state index contributed by atoms with van der Waals surface area (Å²) < 4.78 is 6.06. The highest BCUT2D eigenvalue weighted by atomic mass is 16.3. The van der Waals surface area contributed by atoms with Gasteiger partial charge in [-0.25, -0.2) is 0 Å². The largest absolute Gasteiger partial charge is 0.461 e. The van der Waals surface area contributed by atoms with Crippen molar-refractivity contribution < 1.29 is 14.0 Å². The number of carbonyl (C=O) groups is 2. The monoisotopic (exact) mass is 370 g/mol. The van der Waals surface area contributed by atoms with Gasteiger partial charge >= 0.3 is 0 Å². The van der Waals surface area contributed by atoms with Gasteiger partial charge in [-0.05, 0) is 25.3 Å². The second kappa shape index (κ2) is 9.07. The van der Waals surface area contributed by atoms with Crippen LogP contribution in [0.25, 0.3) is 11.0 Å². The van der Waals surface area contributed by atoms with Gasteiger partial charge in [-0.15, -0.1) is 0 Å². The number of unbranched alkanes of at least 4 members (excludes halogenated alkanes) is 1. The van der Waals surface area contributed by atoms with E-state index in [1.54, 1.807) is 9.80 Å². The molecule has 146 valence electrons. The molecule has 2 aromatic rings. The Morgan fingerprint density at radius 1 is 1.22 bits per heavy atom. The maximum atomic E-state index is 12.8. The molecule has 0 bridgehead atoms. The number of hydrogen-bond acceptors (Lipinski definition) is 3. The molecule has 5 nitrogen and oxygen atoms in total. The van der Waals surface area contributed by atoms with Crippen LogP contribution in [-0.4, -0.2) is 41.8 Å². The van der Waals surface area contributed by atoms with Crippen LogP contribution in [0.3, 0.4) is 0 Å². The SMILES string of the molecule is CCCCc1oc2ccccc2c1CN(C)C(=O)CN1CCCCCC1=O. The lowest BCUT2D eigenvalue weighted by Crippen LogP contribution is -2.41. The highest BCUT2D eigenvalue weighted by molar-refractivity contribution is 5.86. The number of likely N-dealkylation sites (tertiary alicyclic amines) is 1. The number of carbonyl (C=O) groups excluding carboxylic acids is 2. The molecule has 2 heterocycles. The number of furan rings is 1. The van der Waals surface area contributed by atoms with Gasteiger partial charge in [0, 0.05) is 43.9 Å². The Hall–Kier alpha value is -2.30. The number of fused-ring (bicyclic) bond motifs is 1. The van der Waals surface area contributed by atoms with E-state index in [0.717, 1.165) is 60.8 Å². The Balaban J connectivity index is 1.73. The fourth-order valence-corrected chi connectivity index (χ4v) is 3.68. The summed E-state index contributed by atoms with van der Waals surface area (Å²) in [5.41, 5.74) is 1.97. The van der Waals surface area contributed by atoms with Crippen molar-refractivity contribution in [1.82, 2.24) is 9.80 Å². The van der Waals surface area contributed by atoms with Crippen LogP contribution >= 0.6 is 0 Å². The van der Waals surface area contributed by atoms with Gasteiger partial charge in [-0.3, -0.25) is 9.59 Å². The number of amides is 2. The zero-order valence-corrected chi connectivity index (χ0v) is 16.5. The number of rotatable bonds is 7. The fourth-order valence-electron chi connectivity index (χ4n) is 3.68. The number of para-hydroxylation sites is 1. The Kier molecular flexibility index (Phi) is 6.54. The van der Waals surface area contributed by atoms with Gasteiger partial charge in [0.25, 0.3) is 0 Å². The fraction of sp³-hybridized carbons (Fsp3) is 0.545. The Labute approximate surface area is 161 Å². The normalized spacial score (nSPS) is 15.2. The minimum Gasteiger partial charge on any atom is -0.461 e. The molecular weight excluding hydrogens is 340 g/mol. The zero-order valence-electron chi connectivity index (χ0n) is 16.5. The van der Waals surface area contributed by atoms with Crippen molar-refractivity contribution in [3.8, 4) is 0 Å². The summed E-state index contributed by atoms with van der Waals surface area (Å²) in [4.78, 5) is 28.4. The van der Waals surface area contributed by atoms with Gasteiger partial charge in [0.15, 0.2) is 0 Å². The maximum Gasteiger partial charge on any atom is 0.242 e. The van der Waals surface area contributed by atoms with E-state index in [2.05, 4.69) is 13.0 Å². The Morgan fingerprint density at radius 3 is 2.85 bits per heavy atom. The molecular formula is C22H30N2O3. The summed E-state index contributed by atoms with van der Waals surface area (Å²) in [6.45, 7) is 3.54. The first-order valence-corrected chi connectivity index (χ1v) is 10.1. The van der Waals surface area contributed by atoms with Crippen LogP contribution in [0.1, 0.15) is 56.8 Å². The van der Waals surface area contributed by atoms with Gasteiger partial charge < -0.3 is 14.2 Å². The van der Waals surface area contributed by atoms with Crippen molar-refractivity contribution in [2.45, 2.75) is 58.4 Å². The molecule has 2 amide bonds. The van der Waals surface area contributed by atoms with Crippen LogP contribution in [0.5, 0.6) is 0 Å². The van der Waals surface area contributed by atoms with E-state index >= 15 is 0 Å². The molecule has 1 aliphatic rings. The first kappa shape index (κ1) is 19.5. The second-order valence-electron chi connectivity index (χ2n) is 7.48. The lowest BCUT2D eigenvalue weighted by molar-refractivity contribution is -0.139. The van der Waals surface area contributed by atoms with Crippen LogP contribution in [-0.2, 0) is 22.6 Å². The van der Waals surface area contributed by atoms with E-state index in [1.807, 2.05) is 25.2 Å². The third-order valence-electron chi connectivity index (χ3n) is 5.36. The molecule has 0 spiro atoms. The van der Waals surface area contributed by atoms with Crippen LogP contribution in [0, 0.1) is 0 Å². The van der Waals surface area contributed by atoms with Gasteiger partial charge in [-0.1, -0.05) is 38.0 Å². The summed E-state index contributed by atoms with van der Waals surface area (Å²) in [6.07, 6.45) is 6.58. The minimum atomic E-state index is -0.0167. The van der Waals surface area contributed by atoms with Gasteiger partial charge in [0.05, 0.1) is 6.54 Å². The lowest BCUT2D eigenvalue weighted by Gasteiger charge is -2.24. The van der Waals surface area contributed by atoms with E-state index in [4.69, 9.17) is 4.42 Å². The van der Waals surface area contributed by atoms with Crippen molar-refractivity contribution >= 4 is 22.8 Å². The molecule has 0 atom stereocenters. The van der Waals surface area contributed by atoms with Crippen LogP contribution < -0.4 is 0 Å². The smallest absolute Gasteiger partial charge is 0.242 e. The minimum absolute atomic E-state index is 0.0167. The third kappa shape index (κ3) is 4.71. The summed E-state index contributed by atoms with van der Waals surface area (Å²) >= 11 is 0. The van der Waals surface area contributed by atoms with Crippen molar-refractivity contribution in [3.05, 3.63) is 35.6 Å².